The molecule has 0 radical (unpaired) electrons. The van der Waals surface area contributed by atoms with E-state index in [4.69, 9.17) is 4.84 Å². The summed E-state index contributed by atoms with van der Waals surface area (Å²) in [7, 11) is 0. The second kappa shape index (κ2) is 6.27. The predicted octanol–water partition coefficient (Wildman–Crippen LogP) is 2.03. The summed E-state index contributed by atoms with van der Waals surface area (Å²) < 4.78 is 1.81. The van der Waals surface area contributed by atoms with E-state index in [2.05, 4.69) is 5.10 Å². The van der Waals surface area contributed by atoms with Gasteiger partial charge < -0.3 is 4.84 Å². The first-order valence-electron chi connectivity index (χ1n) is 7.67. The smallest absolute Gasteiger partial charge is 0.330 e. The normalized spacial score (nSPS) is 13.3. The van der Waals surface area contributed by atoms with Crippen molar-refractivity contribution >= 4 is 17.8 Å². The quantitative estimate of drug-likeness (QED) is 0.785. The van der Waals surface area contributed by atoms with Gasteiger partial charge >= 0.3 is 5.97 Å². The number of aryl methyl sites for hydroxylation is 3. The van der Waals surface area contributed by atoms with Crippen LogP contribution in [0.5, 0.6) is 0 Å². The molecular formula is C17H17N3O4. The van der Waals surface area contributed by atoms with Gasteiger partial charge in [0.25, 0.3) is 11.8 Å². The van der Waals surface area contributed by atoms with Crippen molar-refractivity contribution in [1.82, 2.24) is 14.8 Å². The van der Waals surface area contributed by atoms with E-state index < -0.39 is 17.8 Å². The Morgan fingerprint density at radius 3 is 2.29 bits per heavy atom. The van der Waals surface area contributed by atoms with Gasteiger partial charge in [0.1, 0.15) is 0 Å². The summed E-state index contributed by atoms with van der Waals surface area (Å²) in [5.41, 5.74) is 2.43. The number of hydroxylamine groups is 2. The highest BCUT2D eigenvalue weighted by Gasteiger charge is 2.38. The maximum absolute atomic E-state index is 12.1. The van der Waals surface area contributed by atoms with Crippen LogP contribution < -0.4 is 0 Å². The van der Waals surface area contributed by atoms with E-state index in [1.165, 1.54) is 12.1 Å². The van der Waals surface area contributed by atoms with E-state index >= 15 is 0 Å². The molecule has 0 N–H and O–H groups in total. The summed E-state index contributed by atoms with van der Waals surface area (Å²) >= 11 is 0. The van der Waals surface area contributed by atoms with Crippen LogP contribution in [0.25, 0.3) is 0 Å². The molecular weight excluding hydrogens is 310 g/mol. The molecule has 1 aliphatic heterocycles. The molecule has 1 aromatic heterocycles. The zero-order chi connectivity index (χ0) is 17.3. The van der Waals surface area contributed by atoms with Gasteiger partial charge in [-0.1, -0.05) is 17.2 Å². The zero-order valence-electron chi connectivity index (χ0n) is 13.5. The van der Waals surface area contributed by atoms with Crippen molar-refractivity contribution in [3.05, 3.63) is 52.8 Å². The van der Waals surface area contributed by atoms with E-state index in [0.29, 0.717) is 18.0 Å². The fraction of sp³-hybridized carbons (Fsp3) is 0.294. The molecule has 0 aliphatic carbocycles. The SMILES string of the molecule is Cc1cc(C)n(CCCC(=O)ON2C(=O)c3ccccc3C2=O)n1. The van der Waals surface area contributed by atoms with Gasteiger partial charge in [0.2, 0.25) is 0 Å². The fourth-order valence-electron chi connectivity index (χ4n) is 2.67. The maximum atomic E-state index is 12.1. The van der Waals surface area contributed by atoms with Crippen LogP contribution in [-0.2, 0) is 16.2 Å². The van der Waals surface area contributed by atoms with E-state index in [0.717, 1.165) is 11.4 Å². The zero-order valence-corrected chi connectivity index (χ0v) is 13.5. The van der Waals surface area contributed by atoms with Crippen LogP contribution >= 0.6 is 0 Å². The van der Waals surface area contributed by atoms with Gasteiger partial charge in [-0.15, -0.1) is 0 Å². The predicted molar refractivity (Wildman–Crippen MR) is 84.0 cm³/mol. The number of fused-ring (bicyclic) bond motifs is 1. The van der Waals surface area contributed by atoms with Crippen molar-refractivity contribution in [3.63, 3.8) is 0 Å². The average Bonchev–Trinajstić information content (AvgIpc) is 2.99. The summed E-state index contributed by atoms with van der Waals surface area (Å²) in [5.74, 6) is -1.84. The van der Waals surface area contributed by atoms with Crippen molar-refractivity contribution in [2.24, 2.45) is 0 Å². The molecule has 1 aliphatic rings. The van der Waals surface area contributed by atoms with Crippen LogP contribution in [0.2, 0.25) is 0 Å². The van der Waals surface area contributed by atoms with Crippen molar-refractivity contribution in [2.75, 3.05) is 0 Å². The van der Waals surface area contributed by atoms with Crippen molar-refractivity contribution in [2.45, 2.75) is 33.2 Å². The van der Waals surface area contributed by atoms with Gasteiger partial charge in [-0.3, -0.25) is 14.3 Å². The van der Waals surface area contributed by atoms with Gasteiger partial charge in [-0.2, -0.15) is 5.10 Å². The average molecular weight is 327 g/mol. The molecule has 1 aromatic carbocycles. The van der Waals surface area contributed by atoms with Gasteiger partial charge in [0.15, 0.2) is 0 Å². The molecule has 124 valence electrons. The Balaban J connectivity index is 1.55. The van der Waals surface area contributed by atoms with Crippen LogP contribution in [-0.4, -0.2) is 32.6 Å². The molecule has 2 amide bonds. The van der Waals surface area contributed by atoms with Crippen LogP contribution in [0, 0.1) is 13.8 Å². The topological polar surface area (TPSA) is 81.5 Å². The lowest BCUT2D eigenvalue weighted by molar-refractivity contribution is -0.168. The number of carbonyl (C=O) groups excluding carboxylic acids is 3. The monoisotopic (exact) mass is 327 g/mol. The largest absolute Gasteiger partial charge is 0.333 e. The lowest BCUT2D eigenvalue weighted by Crippen LogP contribution is -2.32. The minimum atomic E-state index is -0.619. The Morgan fingerprint density at radius 1 is 1.12 bits per heavy atom. The standard InChI is InChI=1S/C17H17N3O4/c1-11-10-12(2)19(18-11)9-5-8-15(21)24-20-16(22)13-6-3-4-7-14(13)17(20)23/h3-4,6-7,10H,5,8-9H2,1-2H3. The number of benzene rings is 1. The Kier molecular flexibility index (Phi) is 4.16. The first-order chi connectivity index (χ1) is 11.5. The second-order valence-electron chi connectivity index (χ2n) is 5.67. The third-order valence-corrected chi connectivity index (χ3v) is 3.80. The number of hydrogen-bond acceptors (Lipinski definition) is 5. The Hall–Kier alpha value is -2.96. The minimum Gasteiger partial charge on any atom is -0.330 e. The first kappa shape index (κ1) is 15.9. The lowest BCUT2D eigenvalue weighted by atomic mass is 10.1. The highest BCUT2D eigenvalue weighted by molar-refractivity contribution is 6.20. The molecule has 0 saturated heterocycles. The van der Waals surface area contributed by atoms with Crippen molar-refractivity contribution in [3.8, 4) is 0 Å². The third-order valence-electron chi connectivity index (χ3n) is 3.80. The van der Waals surface area contributed by atoms with Crippen LogP contribution in [0.1, 0.15) is 44.9 Å². The van der Waals surface area contributed by atoms with Gasteiger partial charge in [0, 0.05) is 18.7 Å². The first-order valence-corrected chi connectivity index (χ1v) is 7.67. The molecule has 2 heterocycles. The van der Waals surface area contributed by atoms with E-state index in [-0.39, 0.29) is 17.5 Å². The number of rotatable bonds is 5. The number of nitrogens with zero attached hydrogens (tertiary/aromatic N) is 3. The van der Waals surface area contributed by atoms with Crippen LogP contribution in [0.3, 0.4) is 0 Å². The molecule has 24 heavy (non-hydrogen) atoms. The summed E-state index contributed by atoms with van der Waals surface area (Å²) in [4.78, 5) is 41.1. The van der Waals surface area contributed by atoms with E-state index in [9.17, 15) is 14.4 Å². The Bertz CT molecular complexity index is 790. The molecule has 7 heteroatoms. The highest BCUT2D eigenvalue weighted by atomic mass is 16.7. The van der Waals surface area contributed by atoms with E-state index in [1.54, 1.807) is 12.1 Å². The van der Waals surface area contributed by atoms with Gasteiger partial charge in [-0.25, -0.2) is 4.79 Å². The molecule has 0 atom stereocenters. The fourth-order valence-corrected chi connectivity index (χ4v) is 2.67. The molecule has 0 unspecified atom stereocenters. The number of amides is 2. The number of carbonyl (C=O) groups is 3. The molecule has 0 bridgehead atoms. The second-order valence-corrected chi connectivity index (χ2v) is 5.67. The third kappa shape index (κ3) is 2.92. The van der Waals surface area contributed by atoms with E-state index in [1.807, 2.05) is 24.6 Å². The molecule has 0 spiro atoms. The molecule has 0 saturated carbocycles. The summed E-state index contributed by atoms with van der Waals surface area (Å²) in [5, 5.41) is 4.85. The van der Waals surface area contributed by atoms with Crippen molar-refractivity contribution < 1.29 is 19.2 Å². The van der Waals surface area contributed by atoms with Gasteiger partial charge in [-0.05, 0) is 38.5 Å². The molecule has 7 nitrogen and oxygen atoms in total. The lowest BCUT2D eigenvalue weighted by Gasteiger charge is -2.12. The van der Waals surface area contributed by atoms with Crippen molar-refractivity contribution in [1.29, 1.82) is 0 Å². The number of aromatic nitrogens is 2. The maximum Gasteiger partial charge on any atom is 0.333 e. The minimum absolute atomic E-state index is 0.0890. The Morgan fingerprint density at radius 2 is 1.75 bits per heavy atom. The van der Waals surface area contributed by atoms with Crippen LogP contribution in [0.4, 0.5) is 0 Å². The number of hydrogen-bond donors (Lipinski definition) is 0. The summed E-state index contributed by atoms with van der Waals surface area (Å²) in [6.45, 7) is 4.41. The summed E-state index contributed by atoms with van der Waals surface area (Å²) in [6, 6.07) is 8.34. The van der Waals surface area contributed by atoms with Gasteiger partial charge in [0.05, 0.1) is 16.8 Å². The molecule has 0 fully saturated rings. The molecule has 3 rings (SSSR count). The van der Waals surface area contributed by atoms with Crippen LogP contribution in [0.15, 0.2) is 30.3 Å². The Labute approximate surface area is 138 Å². The highest BCUT2D eigenvalue weighted by Crippen LogP contribution is 2.22. The number of imide groups is 1. The summed E-state index contributed by atoms with van der Waals surface area (Å²) in [6.07, 6.45) is 0.593. The molecule has 2 aromatic rings.